The zero-order chi connectivity index (χ0) is 22.1. The molecule has 2 amide bonds. The molecule has 1 N–H and O–H groups in total. The van der Waals surface area contributed by atoms with Crippen LogP contribution in [0.1, 0.15) is 42.5 Å². The summed E-state index contributed by atoms with van der Waals surface area (Å²) in [5.41, 5.74) is 4.38. The second kappa shape index (κ2) is 11.4. The Morgan fingerprint density at radius 1 is 1.07 bits per heavy atom. The lowest BCUT2D eigenvalue weighted by atomic mass is 10.1. The number of rotatable bonds is 10. The highest BCUT2D eigenvalue weighted by Gasteiger charge is 2.28. The molecule has 0 saturated heterocycles. The van der Waals surface area contributed by atoms with Gasteiger partial charge in [-0.1, -0.05) is 43.3 Å². The number of hydrogen-bond donors (Lipinski definition) is 1. The highest BCUT2D eigenvalue weighted by molar-refractivity contribution is 5.88. The lowest BCUT2D eigenvalue weighted by Crippen LogP contribution is -2.51. The van der Waals surface area contributed by atoms with E-state index in [1.54, 1.807) is 4.90 Å². The van der Waals surface area contributed by atoms with Gasteiger partial charge in [-0.3, -0.25) is 9.59 Å². The third-order valence-electron chi connectivity index (χ3n) is 5.34. The number of nitrogens with zero attached hydrogens (tertiary/aromatic N) is 1. The summed E-state index contributed by atoms with van der Waals surface area (Å²) in [5.74, 6) is 0.418. The molecule has 0 radical (unpaired) electrons. The first kappa shape index (κ1) is 23.5. The van der Waals surface area contributed by atoms with E-state index < -0.39 is 6.04 Å². The van der Waals surface area contributed by atoms with Gasteiger partial charge in [0.2, 0.25) is 5.91 Å². The summed E-state index contributed by atoms with van der Waals surface area (Å²) in [6.07, 6.45) is 1.24. The lowest BCUT2D eigenvalue weighted by Gasteiger charge is -2.30. The fourth-order valence-electron chi connectivity index (χ4n) is 3.56. The zero-order valence-corrected chi connectivity index (χ0v) is 18.8. The monoisotopic (exact) mass is 410 g/mol. The standard InChI is InChI=1S/C25H34N2O3/c1-6-22(25(29)26-7-2)27(14-13-21-11-9-8-10-12-21)24(28)17-30-23-16-18(3)15-19(4)20(23)5/h8-12,15-16,22H,6-7,13-14,17H2,1-5H3,(H,26,29)/t22-/m1/s1. The zero-order valence-electron chi connectivity index (χ0n) is 18.8. The Morgan fingerprint density at radius 2 is 1.77 bits per heavy atom. The van der Waals surface area contributed by atoms with Crippen molar-refractivity contribution < 1.29 is 14.3 Å². The third-order valence-corrected chi connectivity index (χ3v) is 5.34. The normalized spacial score (nSPS) is 11.6. The Labute approximate surface area is 180 Å². The average Bonchev–Trinajstić information content (AvgIpc) is 2.73. The minimum Gasteiger partial charge on any atom is -0.483 e. The van der Waals surface area contributed by atoms with Gasteiger partial charge in [0.05, 0.1) is 0 Å². The second-order valence-electron chi connectivity index (χ2n) is 7.63. The van der Waals surface area contributed by atoms with Crippen molar-refractivity contribution in [3.63, 3.8) is 0 Å². The maximum Gasteiger partial charge on any atom is 0.261 e. The predicted molar refractivity (Wildman–Crippen MR) is 121 cm³/mol. The van der Waals surface area contributed by atoms with Crippen LogP contribution in [0.2, 0.25) is 0 Å². The number of ether oxygens (including phenoxy) is 1. The van der Waals surface area contributed by atoms with Crippen LogP contribution in [0.4, 0.5) is 0 Å². The molecule has 2 rings (SSSR count). The van der Waals surface area contributed by atoms with E-state index in [2.05, 4.69) is 11.4 Å². The van der Waals surface area contributed by atoms with Crippen molar-refractivity contribution in [1.29, 1.82) is 0 Å². The molecule has 0 aliphatic carbocycles. The van der Waals surface area contributed by atoms with Crippen molar-refractivity contribution in [2.75, 3.05) is 19.7 Å². The molecule has 0 saturated carbocycles. The van der Waals surface area contributed by atoms with Crippen molar-refractivity contribution in [3.05, 3.63) is 64.7 Å². The number of carbonyl (C=O) groups is 2. The molecule has 0 unspecified atom stereocenters. The van der Waals surface area contributed by atoms with Gasteiger partial charge in [0.25, 0.3) is 5.91 Å². The first-order valence-electron chi connectivity index (χ1n) is 10.7. The number of amides is 2. The van der Waals surface area contributed by atoms with Crippen molar-refractivity contribution >= 4 is 11.8 Å². The van der Waals surface area contributed by atoms with Crippen LogP contribution in [0, 0.1) is 20.8 Å². The first-order chi connectivity index (χ1) is 14.4. The predicted octanol–water partition coefficient (Wildman–Crippen LogP) is 3.98. The maximum atomic E-state index is 13.1. The van der Waals surface area contributed by atoms with E-state index in [4.69, 9.17) is 4.74 Å². The van der Waals surface area contributed by atoms with Gasteiger partial charge in [0.15, 0.2) is 6.61 Å². The van der Waals surface area contributed by atoms with E-state index in [0.29, 0.717) is 25.9 Å². The quantitative estimate of drug-likeness (QED) is 0.645. The van der Waals surface area contributed by atoms with E-state index in [1.165, 1.54) is 0 Å². The number of hydrogen-bond acceptors (Lipinski definition) is 3. The van der Waals surface area contributed by atoms with Gasteiger partial charge in [-0.15, -0.1) is 0 Å². The first-order valence-corrected chi connectivity index (χ1v) is 10.7. The Kier molecular flexibility index (Phi) is 8.90. The van der Waals surface area contributed by atoms with E-state index in [9.17, 15) is 9.59 Å². The second-order valence-corrected chi connectivity index (χ2v) is 7.63. The van der Waals surface area contributed by atoms with Gasteiger partial charge < -0.3 is 15.0 Å². The highest BCUT2D eigenvalue weighted by atomic mass is 16.5. The number of nitrogens with one attached hydrogen (secondary N) is 1. The van der Waals surface area contributed by atoms with Crippen LogP contribution in [0.5, 0.6) is 5.75 Å². The molecule has 0 aliphatic rings. The van der Waals surface area contributed by atoms with E-state index in [0.717, 1.165) is 28.0 Å². The van der Waals surface area contributed by atoms with E-state index >= 15 is 0 Å². The highest BCUT2D eigenvalue weighted by Crippen LogP contribution is 2.23. The van der Waals surface area contributed by atoms with Crippen molar-refractivity contribution in [2.45, 2.75) is 53.5 Å². The molecule has 0 heterocycles. The molecule has 162 valence electrons. The van der Waals surface area contributed by atoms with Crippen molar-refractivity contribution in [1.82, 2.24) is 10.2 Å². The SMILES string of the molecule is CCNC(=O)[C@@H](CC)N(CCc1ccccc1)C(=O)COc1cc(C)cc(C)c1C. The van der Waals surface area contributed by atoms with E-state index in [-0.39, 0.29) is 18.4 Å². The summed E-state index contributed by atoms with van der Waals surface area (Å²) < 4.78 is 5.90. The molecular formula is C25H34N2O3. The van der Waals surface area contributed by atoms with Gasteiger partial charge in [-0.25, -0.2) is 0 Å². The van der Waals surface area contributed by atoms with Crippen LogP contribution in [0.3, 0.4) is 0 Å². The van der Waals surface area contributed by atoms with Crippen LogP contribution in [0.25, 0.3) is 0 Å². The van der Waals surface area contributed by atoms with Gasteiger partial charge in [0, 0.05) is 13.1 Å². The Balaban J connectivity index is 2.17. The molecular weight excluding hydrogens is 376 g/mol. The fourth-order valence-corrected chi connectivity index (χ4v) is 3.56. The number of likely N-dealkylation sites (N-methyl/N-ethyl adjacent to an activating group) is 1. The molecule has 0 aliphatic heterocycles. The van der Waals surface area contributed by atoms with Crippen LogP contribution in [-0.4, -0.2) is 42.5 Å². The fraction of sp³-hybridized carbons (Fsp3) is 0.440. The summed E-state index contributed by atoms with van der Waals surface area (Å²) in [6, 6.07) is 13.5. The molecule has 5 nitrogen and oxygen atoms in total. The molecule has 2 aromatic carbocycles. The minimum absolute atomic E-state index is 0.0889. The summed E-state index contributed by atoms with van der Waals surface area (Å²) in [6.45, 7) is 10.8. The summed E-state index contributed by atoms with van der Waals surface area (Å²) in [4.78, 5) is 27.4. The molecule has 0 fully saturated rings. The molecule has 0 bridgehead atoms. The summed E-state index contributed by atoms with van der Waals surface area (Å²) >= 11 is 0. The number of aryl methyl sites for hydroxylation is 2. The molecule has 1 atom stereocenters. The van der Waals surface area contributed by atoms with Crippen LogP contribution in [0.15, 0.2) is 42.5 Å². The third kappa shape index (κ3) is 6.34. The van der Waals surface area contributed by atoms with Crippen LogP contribution in [-0.2, 0) is 16.0 Å². The molecule has 5 heteroatoms. The largest absolute Gasteiger partial charge is 0.483 e. The molecule has 0 spiro atoms. The van der Waals surface area contributed by atoms with Gasteiger partial charge in [0.1, 0.15) is 11.8 Å². The smallest absolute Gasteiger partial charge is 0.261 e. The lowest BCUT2D eigenvalue weighted by molar-refractivity contribution is -0.142. The van der Waals surface area contributed by atoms with Gasteiger partial charge in [-0.2, -0.15) is 0 Å². The van der Waals surface area contributed by atoms with Crippen LogP contribution < -0.4 is 10.1 Å². The average molecular weight is 411 g/mol. The molecule has 0 aromatic heterocycles. The van der Waals surface area contributed by atoms with Crippen molar-refractivity contribution in [3.8, 4) is 5.75 Å². The Morgan fingerprint density at radius 3 is 2.40 bits per heavy atom. The number of benzene rings is 2. The van der Waals surface area contributed by atoms with Crippen LogP contribution >= 0.6 is 0 Å². The Bertz CT molecular complexity index is 849. The Hall–Kier alpha value is -2.82. The topological polar surface area (TPSA) is 58.6 Å². The maximum absolute atomic E-state index is 13.1. The molecule has 30 heavy (non-hydrogen) atoms. The summed E-state index contributed by atoms with van der Waals surface area (Å²) in [5, 5.41) is 2.85. The van der Waals surface area contributed by atoms with E-state index in [1.807, 2.05) is 71.0 Å². The van der Waals surface area contributed by atoms with Crippen molar-refractivity contribution in [2.24, 2.45) is 0 Å². The van der Waals surface area contributed by atoms with Gasteiger partial charge >= 0.3 is 0 Å². The number of carbonyl (C=O) groups excluding carboxylic acids is 2. The van der Waals surface area contributed by atoms with Gasteiger partial charge in [-0.05, 0) is 68.9 Å². The summed E-state index contributed by atoms with van der Waals surface area (Å²) in [7, 11) is 0. The minimum atomic E-state index is -0.509. The molecule has 2 aromatic rings.